The first-order chi connectivity index (χ1) is 14.1. The van der Waals surface area contributed by atoms with Gasteiger partial charge in [-0.15, -0.1) is 0 Å². The maximum Gasteiger partial charge on any atom is 0.211 e. The first kappa shape index (κ1) is 27.3. The number of hydrogen-bond donors (Lipinski definition) is 0. The summed E-state index contributed by atoms with van der Waals surface area (Å²) in [5.74, 6) is -6.57. The molecule has 0 saturated carbocycles. The minimum Gasteiger partial charge on any atom is -0.489 e. The van der Waals surface area contributed by atoms with Gasteiger partial charge in [0.2, 0.25) is 11.6 Å². The van der Waals surface area contributed by atoms with Crippen LogP contribution in [0.2, 0.25) is 25.7 Å². The molecule has 0 spiro atoms. The Morgan fingerprint density at radius 3 is 2.06 bits per heavy atom. The highest BCUT2D eigenvalue weighted by atomic mass is 32.2. The molecular weight excluding hydrogens is 445 g/mol. The lowest BCUT2D eigenvalue weighted by molar-refractivity contribution is 0.269. The highest BCUT2D eigenvalue weighted by molar-refractivity contribution is 7.90. The highest BCUT2D eigenvalue weighted by Gasteiger charge is 2.33. The molecule has 0 aromatic heterocycles. The van der Waals surface area contributed by atoms with E-state index in [0.717, 1.165) is 18.4 Å². The van der Waals surface area contributed by atoms with Crippen molar-refractivity contribution >= 4 is 17.9 Å². The quantitative estimate of drug-likeness (QED) is 0.213. The van der Waals surface area contributed by atoms with Crippen molar-refractivity contribution in [2.75, 3.05) is 19.5 Å². The Bertz CT molecular complexity index is 945. The molecule has 0 saturated heterocycles. The molecule has 0 atom stereocenters. The van der Waals surface area contributed by atoms with Crippen molar-refractivity contribution in [3.05, 3.63) is 40.7 Å². The average molecular weight is 479 g/mol. The van der Waals surface area contributed by atoms with Crippen molar-refractivity contribution in [3.63, 3.8) is 0 Å². The second-order valence-corrected chi connectivity index (χ2v) is 16.6. The summed E-state index contributed by atoms with van der Waals surface area (Å²) in [6.07, 6.45) is 5.95. The van der Waals surface area contributed by atoms with E-state index in [4.69, 9.17) is 9.47 Å². The van der Waals surface area contributed by atoms with Gasteiger partial charge >= 0.3 is 0 Å². The highest BCUT2D eigenvalue weighted by Crippen LogP contribution is 2.39. The lowest BCUT2D eigenvalue weighted by Crippen LogP contribution is -2.23. The second kappa shape index (κ2) is 11.2. The number of hydrogen-bond acceptors (Lipinski definition) is 4. The fourth-order valence-corrected chi connectivity index (χ4v) is 4.22. The lowest BCUT2D eigenvalue weighted by atomic mass is 10.1. The van der Waals surface area contributed by atoms with Gasteiger partial charge in [0, 0.05) is 14.3 Å². The van der Waals surface area contributed by atoms with E-state index in [9.17, 15) is 17.2 Å². The molecule has 0 aliphatic heterocycles. The molecule has 0 N–H and O–H groups in total. The van der Waals surface area contributed by atoms with Crippen molar-refractivity contribution < 1.29 is 31.1 Å². The Labute approximate surface area is 185 Å². The molecule has 176 valence electrons. The van der Waals surface area contributed by atoms with E-state index in [-0.39, 0.29) is 13.2 Å². The molecule has 0 bridgehead atoms. The van der Waals surface area contributed by atoms with Crippen LogP contribution in [0.5, 0.6) is 11.5 Å². The summed E-state index contributed by atoms with van der Waals surface area (Å²) in [5.41, 5.74) is 2.13. The first-order valence-corrected chi connectivity index (χ1v) is 15.7. The predicted octanol–water partition coefficient (Wildman–Crippen LogP) is 6.30. The number of ether oxygens (including phenoxy) is 2. The molecule has 0 heterocycles. The van der Waals surface area contributed by atoms with E-state index < -0.39 is 51.8 Å². The summed E-state index contributed by atoms with van der Waals surface area (Å²) >= 11 is 0. The standard InChI is InChI=1S/C22H33F3O4SSi/c1-15(2)9-8-10-16(3)11-12-28-20-17(23)18(24)22(30(4,26)27)21(19(20)25)29-13-14-31(5,6)7/h9,11H,8,10,12-14H2,1-7H3/b16-11+. The molecule has 0 aliphatic carbocycles. The Balaban J connectivity index is 3.20. The van der Waals surface area contributed by atoms with Crippen LogP contribution in [-0.4, -0.2) is 36.0 Å². The van der Waals surface area contributed by atoms with Gasteiger partial charge in [0.25, 0.3) is 0 Å². The minimum atomic E-state index is -4.28. The van der Waals surface area contributed by atoms with Crippen molar-refractivity contribution in [1.82, 2.24) is 0 Å². The van der Waals surface area contributed by atoms with Crippen LogP contribution in [-0.2, 0) is 9.84 Å². The van der Waals surface area contributed by atoms with E-state index in [2.05, 4.69) is 25.7 Å². The van der Waals surface area contributed by atoms with Gasteiger partial charge in [-0.1, -0.05) is 36.9 Å². The Morgan fingerprint density at radius 1 is 0.935 bits per heavy atom. The molecule has 4 nitrogen and oxygen atoms in total. The minimum absolute atomic E-state index is 0.0109. The van der Waals surface area contributed by atoms with Crippen molar-refractivity contribution in [2.24, 2.45) is 0 Å². The summed E-state index contributed by atoms with van der Waals surface area (Å²) in [6.45, 7) is 11.8. The summed E-state index contributed by atoms with van der Waals surface area (Å²) < 4.78 is 78.6. The molecule has 0 fully saturated rings. The van der Waals surface area contributed by atoms with Crippen molar-refractivity contribution in [2.45, 2.75) is 64.2 Å². The Hall–Kier alpha value is -1.74. The molecule has 9 heteroatoms. The third-order valence-electron chi connectivity index (χ3n) is 4.42. The second-order valence-electron chi connectivity index (χ2n) is 9.04. The van der Waals surface area contributed by atoms with Crippen LogP contribution in [0.4, 0.5) is 13.2 Å². The largest absolute Gasteiger partial charge is 0.489 e. The van der Waals surface area contributed by atoms with Crippen LogP contribution in [0.1, 0.15) is 33.6 Å². The van der Waals surface area contributed by atoms with Crippen LogP contribution in [0.15, 0.2) is 28.2 Å². The molecule has 31 heavy (non-hydrogen) atoms. The van der Waals surface area contributed by atoms with Gasteiger partial charge in [0.15, 0.2) is 32.0 Å². The maximum absolute atomic E-state index is 15.0. The normalized spacial score (nSPS) is 12.6. The van der Waals surface area contributed by atoms with Crippen LogP contribution < -0.4 is 9.47 Å². The van der Waals surface area contributed by atoms with E-state index in [1.165, 1.54) is 5.57 Å². The monoisotopic (exact) mass is 478 g/mol. The number of allylic oxidation sites excluding steroid dienone is 3. The topological polar surface area (TPSA) is 52.6 Å². The average Bonchev–Trinajstić information content (AvgIpc) is 2.59. The van der Waals surface area contributed by atoms with Crippen LogP contribution in [0, 0.1) is 17.5 Å². The predicted molar refractivity (Wildman–Crippen MR) is 121 cm³/mol. The van der Waals surface area contributed by atoms with Gasteiger partial charge in [0.1, 0.15) is 6.61 Å². The molecule has 1 aromatic carbocycles. The third kappa shape index (κ3) is 8.72. The zero-order chi connectivity index (χ0) is 24.0. The van der Waals surface area contributed by atoms with E-state index in [0.29, 0.717) is 12.3 Å². The maximum atomic E-state index is 15.0. The number of halogens is 3. The van der Waals surface area contributed by atoms with Gasteiger partial charge in [-0.2, -0.15) is 8.78 Å². The zero-order valence-corrected chi connectivity index (χ0v) is 21.2. The third-order valence-corrected chi connectivity index (χ3v) is 7.23. The van der Waals surface area contributed by atoms with Crippen LogP contribution in [0.25, 0.3) is 0 Å². The summed E-state index contributed by atoms with van der Waals surface area (Å²) in [4.78, 5) is -1.13. The van der Waals surface area contributed by atoms with Crippen molar-refractivity contribution in [3.8, 4) is 11.5 Å². The number of rotatable bonds is 11. The SMILES string of the molecule is CC(C)=CCC/C(C)=C/COc1c(F)c(F)c(S(C)(=O)=O)c(OCC[Si](C)(C)C)c1F. The molecule has 0 radical (unpaired) electrons. The molecule has 0 aliphatic rings. The number of benzene rings is 1. The van der Waals surface area contributed by atoms with Crippen LogP contribution in [0.3, 0.4) is 0 Å². The zero-order valence-electron chi connectivity index (χ0n) is 19.4. The Morgan fingerprint density at radius 2 is 1.55 bits per heavy atom. The van der Waals surface area contributed by atoms with Gasteiger partial charge in [0.05, 0.1) is 6.61 Å². The van der Waals surface area contributed by atoms with Gasteiger partial charge in [-0.3, -0.25) is 0 Å². The number of sulfone groups is 1. The molecule has 1 aromatic rings. The Kier molecular flexibility index (Phi) is 9.88. The molecule has 0 unspecified atom stereocenters. The smallest absolute Gasteiger partial charge is 0.211 e. The van der Waals surface area contributed by atoms with Crippen molar-refractivity contribution in [1.29, 1.82) is 0 Å². The lowest BCUT2D eigenvalue weighted by Gasteiger charge is -2.19. The van der Waals surface area contributed by atoms with Gasteiger partial charge in [-0.05, 0) is 45.7 Å². The summed E-state index contributed by atoms with van der Waals surface area (Å²) in [7, 11) is -5.87. The summed E-state index contributed by atoms with van der Waals surface area (Å²) in [5, 5.41) is 0. The molecule has 1 rings (SSSR count). The fourth-order valence-electron chi connectivity index (χ4n) is 2.60. The van der Waals surface area contributed by atoms with Gasteiger partial charge in [-0.25, -0.2) is 12.8 Å². The molecular formula is C22H33F3O4SSi. The van der Waals surface area contributed by atoms with Gasteiger partial charge < -0.3 is 9.47 Å². The fraction of sp³-hybridized carbons (Fsp3) is 0.545. The van der Waals surface area contributed by atoms with E-state index in [1.807, 2.05) is 20.8 Å². The molecule has 0 amide bonds. The first-order valence-electron chi connectivity index (χ1n) is 10.1. The van der Waals surface area contributed by atoms with Crippen LogP contribution >= 0.6 is 0 Å². The van der Waals surface area contributed by atoms with E-state index in [1.54, 1.807) is 6.08 Å². The van der Waals surface area contributed by atoms with E-state index >= 15 is 4.39 Å². The summed E-state index contributed by atoms with van der Waals surface area (Å²) in [6, 6.07) is 0.582.